The van der Waals surface area contributed by atoms with Crippen molar-refractivity contribution < 1.29 is 15.9 Å². The van der Waals surface area contributed by atoms with E-state index in [1.165, 1.54) is 22.3 Å². The predicted molar refractivity (Wildman–Crippen MR) is 141 cm³/mol. The van der Waals surface area contributed by atoms with Crippen molar-refractivity contribution in [3.05, 3.63) is 144 Å². The quantitative estimate of drug-likeness (QED) is 0.168. The summed E-state index contributed by atoms with van der Waals surface area (Å²) in [5, 5.41) is 0. The summed E-state index contributed by atoms with van der Waals surface area (Å²) in [5.74, 6) is 0. The SMILES string of the molecule is PC(c1ccccc1)c1ccccc1.PC(c1ccccc1)c1ccccc1.[Cl][Pd][Cl]. The van der Waals surface area contributed by atoms with Crippen molar-refractivity contribution in [3.8, 4) is 0 Å². The summed E-state index contributed by atoms with van der Waals surface area (Å²) in [6, 6.07) is 42.1. The molecule has 0 aliphatic rings. The molecule has 4 aromatic rings. The molecule has 0 saturated heterocycles. The number of hydrogen-bond donors (Lipinski definition) is 0. The molecular formula is C26H26Cl2P2Pd. The minimum atomic E-state index is -0.106. The van der Waals surface area contributed by atoms with E-state index in [0.29, 0.717) is 11.3 Å². The van der Waals surface area contributed by atoms with E-state index < -0.39 is 0 Å². The number of rotatable bonds is 4. The number of halogens is 2. The van der Waals surface area contributed by atoms with Crippen LogP contribution in [0.5, 0.6) is 0 Å². The van der Waals surface area contributed by atoms with E-state index in [1.54, 1.807) is 0 Å². The molecule has 4 rings (SSSR count). The third kappa shape index (κ3) is 9.56. The molecular weight excluding hydrogens is 552 g/mol. The van der Waals surface area contributed by atoms with Crippen LogP contribution in [0.1, 0.15) is 33.6 Å². The van der Waals surface area contributed by atoms with Crippen LogP contribution in [0.4, 0.5) is 0 Å². The zero-order chi connectivity index (χ0) is 22.3. The summed E-state index contributed by atoms with van der Waals surface area (Å²) >= 11 is -0.106. The molecule has 2 atom stereocenters. The molecule has 164 valence electrons. The molecule has 0 aliphatic heterocycles. The van der Waals surface area contributed by atoms with E-state index in [-0.39, 0.29) is 15.9 Å². The summed E-state index contributed by atoms with van der Waals surface area (Å²) in [5.41, 5.74) is 6.15. The zero-order valence-electron chi connectivity index (χ0n) is 16.9. The average molecular weight is 578 g/mol. The van der Waals surface area contributed by atoms with Gasteiger partial charge in [-0.15, -0.1) is 18.5 Å². The second-order valence-corrected chi connectivity index (χ2v) is 10.3. The second kappa shape index (κ2) is 15.7. The maximum absolute atomic E-state index is 4.81. The van der Waals surface area contributed by atoms with Crippen LogP contribution in [-0.2, 0) is 15.9 Å². The molecule has 2 unspecified atom stereocenters. The van der Waals surface area contributed by atoms with Crippen molar-refractivity contribution in [2.45, 2.75) is 11.3 Å². The van der Waals surface area contributed by atoms with Crippen LogP contribution < -0.4 is 0 Å². The summed E-state index contributed by atoms with van der Waals surface area (Å²) in [6.45, 7) is 0. The van der Waals surface area contributed by atoms with Crippen LogP contribution in [0.15, 0.2) is 121 Å². The normalized spacial score (nSPS) is 10.1. The van der Waals surface area contributed by atoms with Crippen LogP contribution >= 0.6 is 37.5 Å². The summed E-state index contributed by atoms with van der Waals surface area (Å²) in [6.07, 6.45) is 0. The molecule has 0 amide bonds. The van der Waals surface area contributed by atoms with Crippen LogP contribution in [0.2, 0.25) is 0 Å². The topological polar surface area (TPSA) is 0 Å². The Labute approximate surface area is 207 Å². The fraction of sp³-hybridized carbons (Fsp3) is 0.0769. The van der Waals surface area contributed by atoms with Gasteiger partial charge < -0.3 is 0 Å². The minimum absolute atomic E-state index is 0.106. The zero-order valence-corrected chi connectivity index (χ0v) is 22.3. The first-order chi connectivity index (χ1) is 15.2. The van der Waals surface area contributed by atoms with Crippen molar-refractivity contribution >= 4 is 37.5 Å². The molecule has 0 fully saturated rings. The standard InChI is InChI=1S/2C13H13P.2ClH.Pd/c2*14-13(11-7-3-1-4-8-11)12-9-5-2-6-10-12;;;/h2*1-10,13H,14H2;2*1H;/q;;;;+2/p-2. The predicted octanol–water partition coefficient (Wildman–Crippen LogP) is 8.68. The van der Waals surface area contributed by atoms with Gasteiger partial charge in [-0.2, -0.15) is 0 Å². The third-order valence-electron chi connectivity index (χ3n) is 4.63. The Bertz CT molecular complexity index is 796. The van der Waals surface area contributed by atoms with Gasteiger partial charge in [-0.3, -0.25) is 0 Å². The van der Waals surface area contributed by atoms with E-state index >= 15 is 0 Å². The van der Waals surface area contributed by atoms with Gasteiger partial charge in [0.2, 0.25) is 0 Å². The van der Waals surface area contributed by atoms with Gasteiger partial charge in [0.05, 0.1) is 0 Å². The van der Waals surface area contributed by atoms with Crippen LogP contribution in [0.25, 0.3) is 0 Å². The van der Waals surface area contributed by atoms with Gasteiger partial charge >= 0.3 is 35.0 Å². The molecule has 0 aliphatic carbocycles. The van der Waals surface area contributed by atoms with E-state index in [9.17, 15) is 0 Å². The van der Waals surface area contributed by atoms with Crippen LogP contribution in [0, 0.1) is 0 Å². The third-order valence-corrected chi connectivity index (χ3v) is 6.17. The summed E-state index contributed by atoms with van der Waals surface area (Å²) in [4.78, 5) is 0. The molecule has 0 bridgehead atoms. The van der Waals surface area contributed by atoms with Gasteiger partial charge in [-0.05, 0) is 22.3 Å². The Hall–Kier alpha value is -1.02. The van der Waals surface area contributed by atoms with Gasteiger partial charge in [0.15, 0.2) is 0 Å². The molecule has 0 heterocycles. The first-order valence-corrected chi connectivity index (χ1v) is 15.0. The van der Waals surface area contributed by atoms with Crippen molar-refractivity contribution in [2.75, 3.05) is 0 Å². The van der Waals surface area contributed by atoms with E-state index in [0.717, 1.165) is 0 Å². The van der Waals surface area contributed by atoms with Gasteiger partial charge in [0.25, 0.3) is 0 Å². The van der Waals surface area contributed by atoms with Crippen LogP contribution in [-0.4, -0.2) is 0 Å². The Morgan fingerprint density at radius 2 is 0.581 bits per heavy atom. The first-order valence-electron chi connectivity index (χ1n) is 9.70. The second-order valence-electron chi connectivity index (χ2n) is 6.64. The molecule has 0 aromatic heterocycles. The Kier molecular flexibility index (Phi) is 13.3. The molecule has 0 saturated carbocycles. The van der Waals surface area contributed by atoms with Crippen molar-refractivity contribution in [3.63, 3.8) is 0 Å². The number of hydrogen-bond acceptors (Lipinski definition) is 0. The summed E-state index contributed by atoms with van der Waals surface area (Å²) < 4.78 is 0. The molecule has 5 heteroatoms. The number of benzene rings is 4. The Morgan fingerprint density at radius 3 is 0.742 bits per heavy atom. The van der Waals surface area contributed by atoms with E-state index in [1.807, 2.05) is 24.3 Å². The molecule has 31 heavy (non-hydrogen) atoms. The van der Waals surface area contributed by atoms with Crippen molar-refractivity contribution in [2.24, 2.45) is 0 Å². The van der Waals surface area contributed by atoms with Crippen LogP contribution in [0.3, 0.4) is 0 Å². The van der Waals surface area contributed by atoms with Crippen molar-refractivity contribution in [1.82, 2.24) is 0 Å². The molecule has 0 nitrogen and oxygen atoms in total. The van der Waals surface area contributed by atoms with Gasteiger partial charge in [-0.25, -0.2) is 0 Å². The van der Waals surface area contributed by atoms with Crippen molar-refractivity contribution in [1.29, 1.82) is 0 Å². The summed E-state index contributed by atoms with van der Waals surface area (Å²) in [7, 11) is 15.4. The monoisotopic (exact) mass is 576 g/mol. The van der Waals surface area contributed by atoms with Gasteiger partial charge in [0, 0.05) is 11.3 Å². The Balaban J connectivity index is 0.000000196. The van der Waals surface area contributed by atoms with Gasteiger partial charge in [0.1, 0.15) is 0 Å². The molecule has 0 radical (unpaired) electrons. The maximum atomic E-state index is 4.81. The molecule has 0 N–H and O–H groups in total. The van der Waals surface area contributed by atoms with Gasteiger partial charge in [-0.1, -0.05) is 121 Å². The molecule has 4 aromatic carbocycles. The molecule has 0 spiro atoms. The fourth-order valence-corrected chi connectivity index (χ4v) is 3.92. The fourth-order valence-electron chi connectivity index (χ4n) is 3.03. The van der Waals surface area contributed by atoms with E-state index in [2.05, 4.69) is 116 Å². The van der Waals surface area contributed by atoms with E-state index in [4.69, 9.17) is 19.1 Å². The Morgan fingerprint density at radius 1 is 0.419 bits per heavy atom. The average Bonchev–Trinajstić information content (AvgIpc) is 2.86. The first kappa shape index (κ1) is 26.2.